The van der Waals surface area contributed by atoms with E-state index in [-0.39, 0.29) is 12.2 Å². The molecule has 0 spiro atoms. The average Bonchev–Trinajstić information content (AvgIpc) is 3.19. The van der Waals surface area contributed by atoms with Crippen LogP contribution in [0.1, 0.15) is 29.8 Å². The smallest absolute Gasteiger partial charge is 0.412 e. The number of carboxylic acid groups (broad SMARTS) is 1. The molecule has 1 aromatic heterocycles. The quantitative estimate of drug-likeness (QED) is 0.303. The first-order chi connectivity index (χ1) is 16.8. The molecule has 0 aliphatic heterocycles. The molecular formula is C27H24N2O6. The summed E-state index contributed by atoms with van der Waals surface area (Å²) in [6.45, 7) is 3.43. The summed E-state index contributed by atoms with van der Waals surface area (Å²) in [6, 6.07) is 21.4. The number of nitrogens with zero attached hydrogens (tertiary/aromatic N) is 1. The number of benzene rings is 3. The third-order valence-corrected chi connectivity index (χ3v) is 5.50. The van der Waals surface area contributed by atoms with E-state index < -0.39 is 18.2 Å². The van der Waals surface area contributed by atoms with E-state index in [9.17, 15) is 14.7 Å². The average molecular weight is 472 g/mol. The summed E-state index contributed by atoms with van der Waals surface area (Å²) in [4.78, 5) is 23.4. The van der Waals surface area contributed by atoms with Gasteiger partial charge in [-0.3, -0.25) is 10.1 Å². The van der Waals surface area contributed by atoms with Gasteiger partial charge in [0.05, 0.1) is 6.42 Å². The number of aliphatic carboxylic acids is 1. The molecule has 0 aliphatic carbocycles. The fraction of sp³-hybridized carbons (Fsp3) is 0.148. The third-order valence-electron chi connectivity index (χ3n) is 5.50. The van der Waals surface area contributed by atoms with E-state index in [0.29, 0.717) is 28.3 Å². The van der Waals surface area contributed by atoms with Crippen LogP contribution in [0.25, 0.3) is 22.5 Å². The Bertz CT molecular complexity index is 1340. The zero-order valence-corrected chi connectivity index (χ0v) is 19.2. The minimum atomic E-state index is -0.869. The second-order valence-electron chi connectivity index (χ2n) is 8.08. The summed E-state index contributed by atoms with van der Waals surface area (Å²) in [5, 5.41) is 25.3. The van der Waals surface area contributed by atoms with Gasteiger partial charge >= 0.3 is 12.1 Å². The van der Waals surface area contributed by atoms with E-state index in [0.717, 1.165) is 16.7 Å². The second-order valence-corrected chi connectivity index (χ2v) is 8.08. The normalized spacial score (nSPS) is 11.6. The Morgan fingerprint density at radius 3 is 2.26 bits per heavy atom. The summed E-state index contributed by atoms with van der Waals surface area (Å²) in [7, 11) is 0. The van der Waals surface area contributed by atoms with E-state index >= 15 is 0 Å². The molecule has 1 amide bonds. The number of hydrogen-bond acceptors (Lipinski definition) is 6. The van der Waals surface area contributed by atoms with Crippen molar-refractivity contribution in [2.45, 2.75) is 26.4 Å². The maximum absolute atomic E-state index is 12.5. The Kier molecular flexibility index (Phi) is 6.82. The monoisotopic (exact) mass is 472 g/mol. The maximum Gasteiger partial charge on any atom is 0.412 e. The van der Waals surface area contributed by atoms with Crippen molar-refractivity contribution in [1.29, 1.82) is 0 Å². The van der Waals surface area contributed by atoms with Gasteiger partial charge in [-0.2, -0.15) is 0 Å². The Balaban J connectivity index is 1.48. The highest BCUT2D eigenvalue weighted by Gasteiger charge is 2.20. The molecule has 3 N–H and O–H groups in total. The van der Waals surface area contributed by atoms with Gasteiger partial charge in [0.25, 0.3) is 0 Å². The van der Waals surface area contributed by atoms with Crippen molar-refractivity contribution in [2.24, 2.45) is 0 Å². The molecule has 1 heterocycles. The number of phenolic OH excluding ortho intramolecular Hbond substituents is 1. The molecule has 0 saturated carbocycles. The summed E-state index contributed by atoms with van der Waals surface area (Å²) >= 11 is 0. The number of hydrogen-bond donors (Lipinski definition) is 3. The van der Waals surface area contributed by atoms with Crippen LogP contribution in [0.3, 0.4) is 0 Å². The SMILES string of the molecule is Cc1noc(-c2ccc(-c3ccc(CC(=O)O)cc3)cc2)c1NC(=O)O[C@H](C)c1cccc(O)c1. The van der Waals surface area contributed by atoms with Crippen molar-refractivity contribution in [1.82, 2.24) is 5.16 Å². The van der Waals surface area contributed by atoms with Crippen LogP contribution in [0.2, 0.25) is 0 Å². The van der Waals surface area contributed by atoms with Gasteiger partial charge in [-0.25, -0.2) is 4.79 Å². The highest BCUT2D eigenvalue weighted by atomic mass is 16.6. The van der Waals surface area contributed by atoms with E-state index in [2.05, 4.69) is 10.5 Å². The summed E-state index contributed by atoms with van der Waals surface area (Å²) in [5.74, 6) is -0.380. The van der Waals surface area contributed by atoms with Crippen LogP contribution in [-0.2, 0) is 16.0 Å². The number of ether oxygens (including phenoxy) is 1. The van der Waals surface area contributed by atoms with Crippen molar-refractivity contribution in [3.63, 3.8) is 0 Å². The maximum atomic E-state index is 12.5. The number of aromatic hydroxyl groups is 1. The molecule has 0 bridgehead atoms. The lowest BCUT2D eigenvalue weighted by Gasteiger charge is -2.14. The van der Waals surface area contributed by atoms with Crippen LogP contribution < -0.4 is 5.32 Å². The molecule has 0 fully saturated rings. The van der Waals surface area contributed by atoms with Gasteiger partial charge in [-0.15, -0.1) is 0 Å². The largest absolute Gasteiger partial charge is 0.508 e. The van der Waals surface area contributed by atoms with Crippen LogP contribution in [0.4, 0.5) is 10.5 Å². The molecule has 4 rings (SSSR count). The number of nitrogens with one attached hydrogen (secondary N) is 1. The van der Waals surface area contributed by atoms with Crippen LogP contribution in [0, 0.1) is 6.92 Å². The highest BCUT2D eigenvalue weighted by Crippen LogP contribution is 2.33. The van der Waals surface area contributed by atoms with E-state index in [1.165, 1.54) is 6.07 Å². The number of carbonyl (C=O) groups excluding carboxylic acids is 1. The predicted molar refractivity (Wildman–Crippen MR) is 130 cm³/mol. The molecule has 0 saturated heterocycles. The third kappa shape index (κ3) is 5.67. The lowest BCUT2D eigenvalue weighted by molar-refractivity contribution is -0.136. The van der Waals surface area contributed by atoms with Crippen molar-refractivity contribution >= 4 is 17.7 Å². The fourth-order valence-corrected chi connectivity index (χ4v) is 3.66. The fourth-order valence-electron chi connectivity index (χ4n) is 3.66. The van der Waals surface area contributed by atoms with E-state index in [1.54, 1.807) is 44.2 Å². The summed E-state index contributed by atoms with van der Waals surface area (Å²) < 4.78 is 10.9. The number of rotatable bonds is 7. The number of aryl methyl sites for hydroxylation is 1. The van der Waals surface area contributed by atoms with Gasteiger partial charge in [0.15, 0.2) is 5.76 Å². The molecule has 8 heteroatoms. The van der Waals surface area contributed by atoms with E-state index in [1.807, 2.05) is 36.4 Å². The van der Waals surface area contributed by atoms with Crippen LogP contribution in [-0.4, -0.2) is 27.4 Å². The van der Waals surface area contributed by atoms with Crippen molar-refractivity contribution in [3.8, 4) is 28.2 Å². The first-order valence-electron chi connectivity index (χ1n) is 10.9. The Labute approximate surface area is 201 Å². The minimum absolute atomic E-state index is 0.0190. The van der Waals surface area contributed by atoms with Gasteiger partial charge in [-0.1, -0.05) is 65.8 Å². The Morgan fingerprint density at radius 1 is 1.00 bits per heavy atom. The second kappa shape index (κ2) is 10.1. The highest BCUT2D eigenvalue weighted by molar-refractivity contribution is 5.91. The van der Waals surface area contributed by atoms with Crippen molar-refractivity contribution in [3.05, 3.63) is 89.6 Å². The summed E-state index contributed by atoms with van der Waals surface area (Å²) in [5.41, 5.74) is 4.91. The molecule has 8 nitrogen and oxygen atoms in total. The molecule has 3 aromatic carbocycles. The minimum Gasteiger partial charge on any atom is -0.508 e. The first kappa shape index (κ1) is 23.6. The number of carbonyl (C=O) groups is 2. The predicted octanol–water partition coefficient (Wildman–Crippen LogP) is 5.96. The number of carboxylic acids is 1. The molecule has 0 unspecified atom stereocenters. The lowest BCUT2D eigenvalue weighted by atomic mass is 10.0. The first-order valence-corrected chi connectivity index (χ1v) is 10.9. The topological polar surface area (TPSA) is 122 Å². The van der Waals surface area contributed by atoms with E-state index in [4.69, 9.17) is 14.4 Å². The van der Waals surface area contributed by atoms with Gasteiger partial charge in [0, 0.05) is 5.56 Å². The number of phenols is 1. The standard InChI is InChI=1S/C27H24N2O6/c1-16-25(28-27(33)34-17(2)22-4-3-5-23(30)15-22)26(35-29-16)21-12-10-20(11-13-21)19-8-6-18(7-9-19)14-24(31)32/h3-13,15,17,30H,14H2,1-2H3,(H,28,33)(H,31,32)/t17-/m1/s1. The molecule has 35 heavy (non-hydrogen) atoms. The molecular weight excluding hydrogens is 448 g/mol. The van der Waals surface area contributed by atoms with Crippen molar-refractivity contribution < 1.29 is 29.1 Å². The number of aromatic nitrogens is 1. The Morgan fingerprint density at radius 2 is 1.63 bits per heavy atom. The zero-order valence-electron chi connectivity index (χ0n) is 19.2. The van der Waals surface area contributed by atoms with Gasteiger partial charge in [0.1, 0.15) is 23.2 Å². The summed E-state index contributed by atoms with van der Waals surface area (Å²) in [6.07, 6.45) is -1.27. The van der Waals surface area contributed by atoms with Gasteiger partial charge < -0.3 is 19.5 Å². The van der Waals surface area contributed by atoms with Gasteiger partial charge in [-0.05, 0) is 48.2 Å². The number of amides is 1. The van der Waals surface area contributed by atoms with Crippen LogP contribution in [0.5, 0.6) is 5.75 Å². The molecule has 178 valence electrons. The van der Waals surface area contributed by atoms with Crippen molar-refractivity contribution in [2.75, 3.05) is 5.32 Å². The molecule has 4 aromatic rings. The molecule has 1 atom stereocenters. The zero-order chi connectivity index (χ0) is 24.9. The Hall–Kier alpha value is -4.59. The van der Waals surface area contributed by atoms with Crippen LogP contribution in [0.15, 0.2) is 77.3 Å². The lowest BCUT2D eigenvalue weighted by Crippen LogP contribution is -2.16. The molecule has 0 radical (unpaired) electrons. The number of anilines is 1. The molecule has 0 aliphatic rings. The van der Waals surface area contributed by atoms with Crippen LogP contribution >= 0.6 is 0 Å². The van der Waals surface area contributed by atoms with Gasteiger partial charge in [0.2, 0.25) is 0 Å².